The zero-order valence-electron chi connectivity index (χ0n) is 10.8. The number of anilines is 1. The number of carbonyl (C=O) groups is 1. The average Bonchev–Trinajstić information content (AvgIpc) is 2.25. The quantitative estimate of drug-likeness (QED) is 0.581. The maximum atomic E-state index is 11.6. The summed E-state index contributed by atoms with van der Waals surface area (Å²) >= 11 is 1.26. The van der Waals surface area contributed by atoms with Crippen molar-refractivity contribution >= 4 is 23.5 Å². The summed E-state index contributed by atoms with van der Waals surface area (Å²) in [7, 11) is 1.60. The number of nitrogen functional groups attached to an aromatic ring is 1. The molecule has 0 radical (unpaired) electrons. The summed E-state index contributed by atoms with van der Waals surface area (Å²) in [5.74, 6) is 0.600. The second-order valence-electron chi connectivity index (χ2n) is 3.93. The van der Waals surface area contributed by atoms with Gasteiger partial charge in [0.05, 0.1) is 12.4 Å². The minimum atomic E-state index is -0.0757. The Morgan fingerprint density at radius 3 is 2.94 bits per heavy atom. The third kappa shape index (κ3) is 5.33. The summed E-state index contributed by atoms with van der Waals surface area (Å²) in [6.45, 7) is 4.21. The number of nitrogens with two attached hydrogens (primary N) is 1. The van der Waals surface area contributed by atoms with Crippen LogP contribution in [-0.2, 0) is 9.53 Å². The van der Waals surface area contributed by atoms with Crippen molar-refractivity contribution < 1.29 is 9.53 Å². The molecule has 0 aliphatic carbocycles. The van der Waals surface area contributed by atoms with Crippen molar-refractivity contribution in [1.82, 2.24) is 15.3 Å². The number of methoxy groups -OCH3 is 1. The Morgan fingerprint density at radius 1 is 1.61 bits per heavy atom. The fourth-order valence-electron chi connectivity index (χ4n) is 1.37. The van der Waals surface area contributed by atoms with E-state index in [1.54, 1.807) is 13.2 Å². The molecule has 0 spiro atoms. The third-order valence-electron chi connectivity index (χ3n) is 2.01. The van der Waals surface area contributed by atoms with Gasteiger partial charge in [-0.2, -0.15) is 0 Å². The predicted octanol–water partition coefficient (Wildman–Crippen LogP) is 0.610. The molecule has 3 N–H and O–H groups in total. The van der Waals surface area contributed by atoms with Crippen LogP contribution >= 0.6 is 11.8 Å². The second kappa shape index (κ2) is 7.17. The van der Waals surface area contributed by atoms with Crippen molar-refractivity contribution in [2.45, 2.75) is 25.0 Å². The van der Waals surface area contributed by atoms with E-state index in [4.69, 9.17) is 10.5 Å². The average molecular weight is 270 g/mol. The van der Waals surface area contributed by atoms with E-state index >= 15 is 0 Å². The number of nitrogens with zero attached hydrogens (tertiary/aromatic N) is 2. The molecule has 0 saturated carbocycles. The molecule has 7 heteroatoms. The van der Waals surface area contributed by atoms with Gasteiger partial charge in [0.25, 0.3) is 0 Å². The van der Waals surface area contributed by atoms with Gasteiger partial charge >= 0.3 is 0 Å². The van der Waals surface area contributed by atoms with E-state index in [0.29, 0.717) is 17.6 Å². The number of nitrogens with one attached hydrogen (secondary N) is 1. The Balaban J connectivity index is 2.42. The Hall–Kier alpha value is -1.34. The second-order valence-corrected chi connectivity index (χ2v) is 4.87. The number of thioether (sulfide) groups is 1. The summed E-state index contributed by atoms with van der Waals surface area (Å²) in [6, 6.07) is 1.68. The summed E-state index contributed by atoms with van der Waals surface area (Å²) in [6.07, 6.45) is 0. The molecule has 1 heterocycles. The molecule has 0 fully saturated rings. The Kier molecular flexibility index (Phi) is 5.87. The molecule has 0 saturated heterocycles. The number of rotatable bonds is 6. The van der Waals surface area contributed by atoms with E-state index in [-0.39, 0.29) is 17.7 Å². The van der Waals surface area contributed by atoms with Gasteiger partial charge in [0.15, 0.2) is 5.16 Å². The summed E-state index contributed by atoms with van der Waals surface area (Å²) in [4.78, 5) is 19.8. The van der Waals surface area contributed by atoms with Gasteiger partial charge in [-0.05, 0) is 13.8 Å². The van der Waals surface area contributed by atoms with E-state index in [1.165, 1.54) is 11.8 Å². The Labute approximate surface area is 111 Å². The lowest BCUT2D eigenvalue weighted by atomic mass is 10.3. The highest BCUT2D eigenvalue weighted by Gasteiger charge is 2.09. The lowest BCUT2D eigenvalue weighted by Gasteiger charge is -2.12. The van der Waals surface area contributed by atoms with Gasteiger partial charge in [0.2, 0.25) is 5.91 Å². The molecule has 0 aliphatic rings. The van der Waals surface area contributed by atoms with E-state index in [1.807, 2.05) is 13.8 Å². The highest BCUT2D eigenvalue weighted by molar-refractivity contribution is 7.99. The van der Waals surface area contributed by atoms with Crippen molar-refractivity contribution in [2.75, 3.05) is 25.2 Å². The van der Waals surface area contributed by atoms with Gasteiger partial charge in [0.1, 0.15) is 5.82 Å². The molecule has 1 rings (SSSR count). The largest absolute Gasteiger partial charge is 0.384 e. The summed E-state index contributed by atoms with van der Waals surface area (Å²) in [5.41, 5.74) is 6.39. The van der Waals surface area contributed by atoms with Gasteiger partial charge < -0.3 is 15.8 Å². The van der Waals surface area contributed by atoms with Crippen LogP contribution in [0.5, 0.6) is 0 Å². The maximum absolute atomic E-state index is 11.6. The van der Waals surface area contributed by atoms with Crippen LogP contribution in [0.15, 0.2) is 11.2 Å². The van der Waals surface area contributed by atoms with E-state index in [0.717, 1.165) is 5.69 Å². The molecule has 100 valence electrons. The first-order valence-corrected chi connectivity index (χ1v) is 6.52. The molecule has 1 aromatic rings. The van der Waals surface area contributed by atoms with E-state index < -0.39 is 0 Å². The van der Waals surface area contributed by atoms with E-state index in [2.05, 4.69) is 15.3 Å². The smallest absolute Gasteiger partial charge is 0.230 e. The number of aryl methyl sites for hydroxylation is 1. The highest BCUT2D eigenvalue weighted by Crippen LogP contribution is 2.14. The first-order chi connectivity index (χ1) is 8.51. The summed E-state index contributed by atoms with van der Waals surface area (Å²) < 4.78 is 4.94. The number of amides is 1. The third-order valence-corrected chi connectivity index (χ3v) is 2.86. The number of ether oxygens (including phenoxy) is 1. The van der Waals surface area contributed by atoms with Crippen LogP contribution in [-0.4, -0.2) is 41.4 Å². The molecular formula is C11H18N4O2S. The molecule has 1 amide bonds. The van der Waals surface area contributed by atoms with Crippen molar-refractivity contribution in [3.8, 4) is 0 Å². The number of hydrogen-bond donors (Lipinski definition) is 2. The van der Waals surface area contributed by atoms with Crippen molar-refractivity contribution in [3.63, 3.8) is 0 Å². The first kappa shape index (κ1) is 14.7. The lowest BCUT2D eigenvalue weighted by Crippen LogP contribution is -2.36. The minimum Gasteiger partial charge on any atom is -0.384 e. The van der Waals surface area contributed by atoms with Gasteiger partial charge in [-0.25, -0.2) is 9.97 Å². The van der Waals surface area contributed by atoms with E-state index in [9.17, 15) is 4.79 Å². The van der Waals surface area contributed by atoms with Gasteiger partial charge in [-0.1, -0.05) is 11.8 Å². The maximum Gasteiger partial charge on any atom is 0.230 e. The monoisotopic (exact) mass is 270 g/mol. The predicted molar refractivity (Wildman–Crippen MR) is 71.4 cm³/mol. The van der Waals surface area contributed by atoms with Crippen LogP contribution < -0.4 is 11.1 Å². The molecule has 18 heavy (non-hydrogen) atoms. The molecule has 0 bridgehead atoms. The topological polar surface area (TPSA) is 90.1 Å². The molecule has 0 aromatic carbocycles. The molecule has 0 aliphatic heterocycles. The normalized spacial score (nSPS) is 12.2. The fourth-order valence-corrected chi connectivity index (χ4v) is 2.09. The number of aromatic nitrogens is 2. The first-order valence-electron chi connectivity index (χ1n) is 5.53. The lowest BCUT2D eigenvalue weighted by molar-refractivity contribution is -0.119. The molecule has 1 atom stereocenters. The van der Waals surface area contributed by atoms with Crippen LogP contribution in [0.4, 0.5) is 5.82 Å². The zero-order valence-corrected chi connectivity index (χ0v) is 11.6. The molecular weight excluding hydrogens is 252 g/mol. The molecule has 6 nitrogen and oxygen atoms in total. The summed E-state index contributed by atoms with van der Waals surface area (Å²) in [5, 5.41) is 3.32. The SMILES string of the molecule is COC[C@H](C)NC(=O)CSc1nc(C)cc(N)n1. The van der Waals surface area contributed by atoms with Gasteiger partial charge in [-0.3, -0.25) is 4.79 Å². The van der Waals surface area contributed by atoms with Gasteiger partial charge in [-0.15, -0.1) is 0 Å². The van der Waals surface area contributed by atoms with Crippen molar-refractivity contribution in [2.24, 2.45) is 0 Å². The Morgan fingerprint density at radius 2 is 2.33 bits per heavy atom. The van der Waals surface area contributed by atoms with Gasteiger partial charge in [0, 0.05) is 24.9 Å². The fraction of sp³-hybridized carbons (Fsp3) is 0.545. The molecule has 0 unspecified atom stereocenters. The van der Waals surface area contributed by atoms with Crippen molar-refractivity contribution in [3.05, 3.63) is 11.8 Å². The van der Waals surface area contributed by atoms with Crippen LogP contribution in [0.2, 0.25) is 0 Å². The standard InChI is InChI=1S/C11H18N4O2S/c1-7-4-9(12)15-11(14-7)18-6-10(16)13-8(2)5-17-3/h4,8H,5-6H2,1-3H3,(H,13,16)(H2,12,14,15)/t8-/m0/s1. The minimum absolute atomic E-state index is 0.00778. The van der Waals surface area contributed by atoms with Crippen LogP contribution in [0, 0.1) is 6.92 Å². The zero-order chi connectivity index (χ0) is 13.5. The number of carbonyl (C=O) groups excluding carboxylic acids is 1. The Bertz CT molecular complexity index is 394. The number of hydrogen-bond acceptors (Lipinski definition) is 6. The van der Waals surface area contributed by atoms with Crippen molar-refractivity contribution in [1.29, 1.82) is 0 Å². The van der Waals surface area contributed by atoms with Crippen LogP contribution in [0.25, 0.3) is 0 Å². The van der Waals surface area contributed by atoms with Crippen LogP contribution in [0.3, 0.4) is 0 Å². The molecule has 1 aromatic heterocycles. The van der Waals surface area contributed by atoms with Crippen LogP contribution in [0.1, 0.15) is 12.6 Å². The highest BCUT2D eigenvalue weighted by atomic mass is 32.2.